The van der Waals surface area contributed by atoms with Crippen molar-refractivity contribution in [1.29, 1.82) is 0 Å². The van der Waals surface area contributed by atoms with Gasteiger partial charge in [-0.3, -0.25) is 19.5 Å². The molecular weight excluding hydrogens is 276 g/mol. The molecule has 22 heavy (non-hydrogen) atoms. The third-order valence-corrected chi connectivity index (χ3v) is 3.75. The topological polar surface area (TPSA) is 49.7 Å². The molecule has 4 heteroatoms. The fraction of sp³-hybridized carbons (Fsp3) is 0.167. The van der Waals surface area contributed by atoms with Crippen molar-refractivity contribution in [3.05, 3.63) is 71.3 Å². The molecule has 4 nitrogen and oxygen atoms in total. The van der Waals surface area contributed by atoms with Crippen LogP contribution in [-0.4, -0.2) is 29.5 Å². The van der Waals surface area contributed by atoms with Gasteiger partial charge in [-0.25, -0.2) is 0 Å². The van der Waals surface area contributed by atoms with Gasteiger partial charge >= 0.3 is 0 Å². The van der Waals surface area contributed by atoms with Crippen LogP contribution in [0.4, 0.5) is 0 Å². The lowest BCUT2D eigenvalue weighted by atomic mass is 10.1. The number of hydrogen-bond donors (Lipinski definition) is 0. The summed E-state index contributed by atoms with van der Waals surface area (Å²) in [6.07, 6.45) is 1.64. The third-order valence-electron chi connectivity index (χ3n) is 3.75. The fourth-order valence-electron chi connectivity index (χ4n) is 2.51. The first-order valence-corrected chi connectivity index (χ1v) is 7.20. The predicted molar refractivity (Wildman–Crippen MR) is 85.2 cm³/mol. The van der Waals surface area contributed by atoms with Gasteiger partial charge < -0.3 is 0 Å². The van der Waals surface area contributed by atoms with Gasteiger partial charge in [-0.15, -0.1) is 0 Å². The molecule has 0 spiro atoms. The van der Waals surface area contributed by atoms with E-state index in [1.165, 1.54) is 4.90 Å². The molecule has 3 rings (SSSR count). The van der Waals surface area contributed by atoms with Gasteiger partial charge in [0.15, 0.2) is 0 Å². The molecule has 2 aromatic rings. The average Bonchev–Trinajstić information content (AvgIpc) is 2.81. The Hall–Kier alpha value is -2.75. The third kappa shape index (κ3) is 2.55. The number of amides is 2. The fourth-order valence-corrected chi connectivity index (χ4v) is 2.51. The molecule has 0 saturated carbocycles. The zero-order valence-electron chi connectivity index (χ0n) is 12.3. The van der Waals surface area contributed by atoms with E-state index in [1.54, 1.807) is 30.5 Å². The van der Waals surface area contributed by atoms with Gasteiger partial charge in [0.1, 0.15) is 0 Å². The first-order valence-electron chi connectivity index (χ1n) is 7.20. The molecule has 0 aromatic heterocycles. The molecule has 0 unspecified atom stereocenters. The molecular formula is C18H16N2O2. The molecule has 2 aromatic carbocycles. The number of carbonyl (C=O) groups excluding carboxylic acids is 2. The van der Waals surface area contributed by atoms with Crippen molar-refractivity contribution in [1.82, 2.24) is 4.90 Å². The zero-order valence-corrected chi connectivity index (χ0v) is 12.3. The minimum atomic E-state index is -0.251. The Morgan fingerprint density at radius 2 is 1.50 bits per heavy atom. The maximum Gasteiger partial charge on any atom is 0.261 e. The molecule has 110 valence electrons. The smallest absolute Gasteiger partial charge is 0.261 e. The van der Waals surface area contributed by atoms with Crippen molar-refractivity contribution in [3.8, 4) is 0 Å². The van der Waals surface area contributed by atoms with E-state index < -0.39 is 0 Å². The van der Waals surface area contributed by atoms with Crippen LogP contribution in [0.3, 0.4) is 0 Å². The van der Waals surface area contributed by atoms with Crippen molar-refractivity contribution in [2.45, 2.75) is 13.0 Å². The molecule has 1 heterocycles. The van der Waals surface area contributed by atoms with Crippen LogP contribution in [0.15, 0.2) is 59.6 Å². The summed E-state index contributed by atoms with van der Waals surface area (Å²) < 4.78 is 0. The van der Waals surface area contributed by atoms with Crippen LogP contribution in [0, 0.1) is 0 Å². The monoisotopic (exact) mass is 292 g/mol. The van der Waals surface area contributed by atoms with Crippen LogP contribution >= 0.6 is 0 Å². The van der Waals surface area contributed by atoms with Crippen LogP contribution in [0.2, 0.25) is 0 Å². The number of nitrogens with zero attached hydrogens (tertiary/aromatic N) is 2. The van der Waals surface area contributed by atoms with E-state index >= 15 is 0 Å². The van der Waals surface area contributed by atoms with Crippen LogP contribution in [0.1, 0.15) is 39.2 Å². The van der Waals surface area contributed by atoms with Gasteiger partial charge in [-0.2, -0.15) is 0 Å². The van der Waals surface area contributed by atoms with E-state index in [9.17, 15) is 9.59 Å². The SMILES string of the molecule is C[C@H](N=CCN1C(=O)c2ccccc2C1=O)c1ccccc1. The van der Waals surface area contributed by atoms with Crippen molar-refractivity contribution in [2.75, 3.05) is 6.54 Å². The highest BCUT2D eigenvalue weighted by atomic mass is 16.2. The zero-order chi connectivity index (χ0) is 15.5. The second kappa shape index (κ2) is 5.93. The molecule has 0 saturated heterocycles. The molecule has 0 bridgehead atoms. The average molecular weight is 292 g/mol. The second-order valence-corrected chi connectivity index (χ2v) is 5.18. The van der Waals surface area contributed by atoms with Crippen molar-refractivity contribution >= 4 is 18.0 Å². The van der Waals surface area contributed by atoms with Gasteiger partial charge in [0.2, 0.25) is 0 Å². The summed E-state index contributed by atoms with van der Waals surface area (Å²) in [6, 6.07) is 16.8. The van der Waals surface area contributed by atoms with Crippen LogP contribution < -0.4 is 0 Å². The van der Waals surface area contributed by atoms with Gasteiger partial charge in [0.25, 0.3) is 11.8 Å². The standard InChI is InChI=1S/C18H16N2O2/c1-13(14-7-3-2-4-8-14)19-11-12-20-17(21)15-9-5-6-10-16(15)18(20)22/h2-11,13H,12H2,1H3/t13-/m0/s1. The van der Waals surface area contributed by atoms with Gasteiger partial charge in [0, 0.05) is 6.21 Å². The molecule has 0 N–H and O–H groups in total. The number of hydrogen-bond acceptors (Lipinski definition) is 3. The molecule has 1 aliphatic rings. The summed E-state index contributed by atoms with van der Waals surface area (Å²) in [6.45, 7) is 2.18. The number of carbonyl (C=O) groups is 2. The number of aliphatic imine (C=N–C) groups is 1. The second-order valence-electron chi connectivity index (χ2n) is 5.18. The number of rotatable bonds is 4. The van der Waals surface area contributed by atoms with E-state index in [-0.39, 0.29) is 24.4 Å². The number of imide groups is 1. The highest BCUT2D eigenvalue weighted by Gasteiger charge is 2.34. The molecule has 1 atom stereocenters. The summed E-state index contributed by atoms with van der Waals surface area (Å²) in [5.74, 6) is -0.501. The molecule has 1 aliphatic heterocycles. The quantitative estimate of drug-likeness (QED) is 0.642. The van der Waals surface area contributed by atoms with Crippen molar-refractivity contribution in [2.24, 2.45) is 4.99 Å². The summed E-state index contributed by atoms with van der Waals surface area (Å²) in [4.78, 5) is 30.0. The minimum Gasteiger partial charge on any atom is -0.288 e. The van der Waals surface area contributed by atoms with E-state index in [4.69, 9.17) is 0 Å². The van der Waals surface area contributed by atoms with Gasteiger partial charge in [-0.1, -0.05) is 42.5 Å². The minimum absolute atomic E-state index is 0.00335. The lowest BCUT2D eigenvalue weighted by Crippen LogP contribution is -2.31. The maximum atomic E-state index is 12.2. The van der Waals surface area contributed by atoms with Gasteiger partial charge in [-0.05, 0) is 24.6 Å². The lowest BCUT2D eigenvalue weighted by molar-refractivity contribution is 0.0679. The van der Waals surface area contributed by atoms with Crippen molar-refractivity contribution < 1.29 is 9.59 Å². The Morgan fingerprint density at radius 3 is 2.09 bits per heavy atom. The highest BCUT2D eigenvalue weighted by molar-refractivity contribution is 6.22. The molecule has 0 fully saturated rings. The first-order chi connectivity index (χ1) is 10.7. The Labute approximate surface area is 129 Å². The van der Waals surface area contributed by atoms with Gasteiger partial charge in [0.05, 0.1) is 23.7 Å². The molecule has 0 aliphatic carbocycles. The van der Waals surface area contributed by atoms with E-state index in [0.717, 1.165) is 5.56 Å². The summed E-state index contributed by atoms with van der Waals surface area (Å²) >= 11 is 0. The van der Waals surface area contributed by atoms with Crippen LogP contribution in [0.5, 0.6) is 0 Å². The Balaban J connectivity index is 1.69. The summed E-state index contributed by atoms with van der Waals surface area (Å²) in [5.41, 5.74) is 2.04. The largest absolute Gasteiger partial charge is 0.288 e. The predicted octanol–water partition coefficient (Wildman–Crippen LogP) is 3.11. The number of benzene rings is 2. The molecule has 0 radical (unpaired) electrons. The van der Waals surface area contributed by atoms with Crippen LogP contribution in [0.25, 0.3) is 0 Å². The summed E-state index contributed by atoms with van der Waals surface area (Å²) in [5, 5.41) is 0. The molecule has 2 amide bonds. The lowest BCUT2D eigenvalue weighted by Gasteiger charge is -2.11. The Morgan fingerprint density at radius 1 is 0.955 bits per heavy atom. The highest BCUT2D eigenvalue weighted by Crippen LogP contribution is 2.22. The summed E-state index contributed by atoms with van der Waals surface area (Å²) in [7, 11) is 0. The Bertz CT molecular complexity index is 703. The maximum absolute atomic E-state index is 12.2. The number of fused-ring (bicyclic) bond motifs is 1. The Kier molecular flexibility index (Phi) is 3.83. The van der Waals surface area contributed by atoms with E-state index in [2.05, 4.69) is 4.99 Å². The van der Waals surface area contributed by atoms with Crippen molar-refractivity contribution in [3.63, 3.8) is 0 Å². The first kappa shape index (κ1) is 14.2. The van der Waals surface area contributed by atoms with E-state index in [0.29, 0.717) is 11.1 Å². The van der Waals surface area contributed by atoms with Crippen LogP contribution in [-0.2, 0) is 0 Å². The van der Waals surface area contributed by atoms with E-state index in [1.807, 2.05) is 37.3 Å². The normalized spacial score (nSPS) is 15.4.